The molecule has 0 aliphatic rings. The molecule has 0 aliphatic heterocycles. The second kappa shape index (κ2) is 8.93. The third-order valence-corrected chi connectivity index (χ3v) is 3.72. The summed E-state index contributed by atoms with van der Waals surface area (Å²) in [5, 5.41) is 8.83. The molecule has 0 aromatic heterocycles. The van der Waals surface area contributed by atoms with Gasteiger partial charge in [-0.3, -0.25) is 4.79 Å². The third kappa shape index (κ3) is 5.28. The molecule has 0 heterocycles. The van der Waals surface area contributed by atoms with E-state index < -0.39 is 12.0 Å². The maximum absolute atomic E-state index is 10.8. The second-order valence-corrected chi connectivity index (χ2v) is 5.55. The van der Waals surface area contributed by atoms with Gasteiger partial charge in [0.05, 0.1) is 20.1 Å². The number of rotatable bonds is 9. The Hall–Kier alpha value is -2.53. The van der Waals surface area contributed by atoms with Crippen molar-refractivity contribution in [3.05, 3.63) is 59.7 Å². The van der Waals surface area contributed by atoms with Gasteiger partial charge in [-0.25, -0.2) is 0 Å². The molecule has 128 valence electrons. The lowest BCUT2D eigenvalue weighted by Gasteiger charge is -2.15. The minimum atomic E-state index is -0.928. The fraction of sp³-hybridized carbons (Fsp3) is 0.316. The summed E-state index contributed by atoms with van der Waals surface area (Å²) in [5.41, 5.74) is 7.87. The van der Waals surface area contributed by atoms with Crippen LogP contribution in [0, 0.1) is 0 Å². The molecular formula is C19H23NO4. The van der Waals surface area contributed by atoms with E-state index in [4.69, 9.17) is 20.3 Å². The van der Waals surface area contributed by atoms with Gasteiger partial charge in [-0.05, 0) is 36.1 Å². The summed E-state index contributed by atoms with van der Waals surface area (Å²) < 4.78 is 11.1. The number of methoxy groups -OCH3 is 1. The molecule has 0 saturated heterocycles. The Morgan fingerprint density at radius 1 is 1.17 bits per heavy atom. The molecule has 0 saturated carbocycles. The number of hydrogen-bond acceptors (Lipinski definition) is 4. The van der Waals surface area contributed by atoms with Crippen molar-refractivity contribution >= 4 is 5.97 Å². The highest BCUT2D eigenvalue weighted by Gasteiger charge is 2.14. The van der Waals surface area contributed by atoms with Gasteiger partial charge in [0.2, 0.25) is 0 Å². The summed E-state index contributed by atoms with van der Waals surface area (Å²) in [6, 6.07) is 15.0. The molecule has 0 aliphatic carbocycles. The van der Waals surface area contributed by atoms with Gasteiger partial charge in [-0.2, -0.15) is 0 Å². The van der Waals surface area contributed by atoms with Gasteiger partial charge in [0.25, 0.3) is 0 Å². The first-order valence-electron chi connectivity index (χ1n) is 7.92. The number of aliphatic carboxylic acids is 1. The topological polar surface area (TPSA) is 81.8 Å². The maximum atomic E-state index is 10.8. The molecule has 5 nitrogen and oxygen atoms in total. The van der Waals surface area contributed by atoms with Crippen molar-refractivity contribution < 1.29 is 19.4 Å². The van der Waals surface area contributed by atoms with E-state index in [-0.39, 0.29) is 6.42 Å². The van der Waals surface area contributed by atoms with Crippen molar-refractivity contribution in [2.75, 3.05) is 13.7 Å². The van der Waals surface area contributed by atoms with Crippen molar-refractivity contribution in [2.24, 2.45) is 5.73 Å². The van der Waals surface area contributed by atoms with E-state index in [1.807, 2.05) is 18.2 Å². The van der Waals surface area contributed by atoms with E-state index in [1.54, 1.807) is 25.3 Å². The Morgan fingerprint density at radius 3 is 2.58 bits per heavy atom. The quantitative estimate of drug-likeness (QED) is 0.691. The molecule has 0 radical (unpaired) electrons. The van der Waals surface area contributed by atoms with Gasteiger partial charge in [0.1, 0.15) is 0 Å². The van der Waals surface area contributed by atoms with Gasteiger partial charge < -0.3 is 20.3 Å². The molecule has 5 heteroatoms. The van der Waals surface area contributed by atoms with E-state index in [0.29, 0.717) is 23.7 Å². The zero-order valence-corrected chi connectivity index (χ0v) is 13.8. The first kappa shape index (κ1) is 17.8. The molecule has 0 bridgehead atoms. The van der Waals surface area contributed by atoms with Gasteiger partial charge in [-0.1, -0.05) is 36.4 Å². The summed E-state index contributed by atoms with van der Waals surface area (Å²) in [7, 11) is 1.55. The van der Waals surface area contributed by atoms with Crippen LogP contribution in [0.5, 0.6) is 11.5 Å². The molecule has 1 atom stereocenters. The first-order chi connectivity index (χ1) is 11.6. The Morgan fingerprint density at radius 2 is 1.92 bits per heavy atom. The monoisotopic (exact) mass is 329 g/mol. The van der Waals surface area contributed by atoms with E-state index in [9.17, 15) is 4.79 Å². The van der Waals surface area contributed by atoms with Gasteiger partial charge in [0, 0.05) is 6.04 Å². The van der Waals surface area contributed by atoms with Crippen LogP contribution in [0.25, 0.3) is 0 Å². The number of hydrogen-bond donors (Lipinski definition) is 2. The van der Waals surface area contributed by atoms with Crippen LogP contribution in [0.15, 0.2) is 48.5 Å². The Balaban J connectivity index is 1.91. The van der Waals surface area contributed by atoms with Crippen LogP contribution < -0.4 is 15.2 Å². The van der Waals surface area contributed by atoms with Gasteiger partial charge in [-0.15, -0.1) is 0 Å². The Labute approximate surface area is 142 Å². The van der Waals surface area contributed by atoms with Crippen LogP contribution in [-0.2, 0) is 11.2 Å². The van der Waals surface area contributed by atoms with Crippen LogP contribution >= 0.6 is 0 Å². The Kier molecular flexibility index (Phi) is 6.63. The summed E-state index contributed by atoms with van der Waals surface area (Å²) in [6.45, 7) is 0.575. The average molecular weight is 329 g/mol. The minimum absolute atomic E-state index is 0.125. The molecule has 2 rings (SSSR count). The van der Waals surface area contributed by atoms with Gasteiger partial charge >= 0.3 is 5.97 Å². The summed E-state index contributed by atoms with van der Waals surface area (Å²) in [6.07, 6.45) is 1.72. The molecule has 3 N–H and O–H groups in total. The third-order valence-electron chi connectivity index (χ3n) is 3.72. The van der Waals surface area contributed by atoms with Crippen molar-refractivity contribution in [1.29, 1.82) is 0 Å². The smallest absolute Gasteiger partial charge is 0.305 e. The zero-order chi connectivity index (χ0) is 17.4. The second-order valence-electron chi connectivity index (χ2n) is 5.55. The molecule has 24 heavy (non-hydrogen) atoms. The number of ether oxygens (including phenoxy) is 2. The van der Waals surface area contributed by atoms with E-state index in [2.05, 4.69) is 12.1 Å². The van der Waals surface area contributed by atoms with E-state index >= 15 is 0 Å². The molecular weight excluding hydrogens is 306 g/mol. The zero-order valence-electron chi connectivity index (χ0n) is 13.8. The average Bonchev–Trinajstić information content (AvgIpc) is 2.59. The summed E-state index contributed by atoms with van der Waals surface area (Å²) in [5.74, 6) is 0.271. The van der Waals surface area contributed by atoms with Crippen molar-refractivity contribution in [3.8, 4) is 11.5 Å². The summed E-state index contributed by atoms with van der Waals surface area (Å²) in [4.78, 5) is 10.8. The lowest BCUT2D eigenvalue weighted by molar-refractivity contribution is -0.137. The van der Waals surface area contributed by atoms with E-state index in [0.717, 1.165) is 12.8 Å². The number of benzene rings is 2. The number of carboxylic acids is 1. The highest BCUT2D eigenvalue weighted by molar-refractivity contribution is 5.68. The predicted octanol–water partition coefficient (Wildman–Crippen LogP) is 3.18. The highest BCUT2D eigenvalue weighted by atomic mass is 16.5. The lowest BCUT2D eigenvalue weighted by Crippen LogP contribution is -2.15. The largest absolute Gasteiger partial charge is 0.493 e. The Bertz CT molecular complexity index is 658. The van der Waals surface area contributed by atoms with Crippen LogP contribution in [0.4, 0.5) is 0 Å². The van der Waals surface area contributed by atoms with Crippen LogP contribution in [0.1, 0.15) is 30.0 Å². The molecule has 2 aromatic rings. The molecule has 0 amide bonds. The first-order valence-corrected chi connectivity index (χ1v) is 7.92. The fourth-order valence-corrected chi connectivity index (χ4v) is 2.44. The molecule has 0 spiro atoms. The standard InChI is InChI=1S/C19H23NO4/c1-23-18-12-15(16(20)13-19(21)22)9-10-17(18)24-11-5-8-14-6-3-2-4-7-14/h2-4,6-7,9-10,12,16H,5,8,11,13,20H2,1H3,(H,21,22). The van der Waals surface area contributed by atoms with Crippen LogP contribution in [0.2, 0.25) is 0 Å². The van der Waals surface area contributed by atoms with Crippen molar-refractivity contribution in [2.45, 2.75) is 25.3 Å². The predicted molar refractivity (Wildman–Crippen MR) is 92.4 cm³/mol. The normalized spacial score (nSPS) is 11.8. The SMILES string of the molecule is COc1cc(C(N)CC(=O)O)ccc1OCCCc1ccccc1. The van der Waals surface area contributed by atoms with Crippen molar-refractivity contribution in [1.82, 2.24) is 0 Å². The lowest BCUT2D eigenvalue weighted by atomic mass is 10.0. The minimum Gasteiger partial charge on any atom is -0.493 e. The molecule has 2 aromatic carbocycles. The van der Waals surface area contributed by atoms with Crippen LogP contribution in [0.3, 0.4) is 0 Å². The summed E-state index contributed by atoms with van der Waals surface area (Å²) >= 11 is 0. The maximum Gasteiger partial charge on any atom is 0.305 e. The highest BCUT2D eigenvalue weighted by Crippen LogP contribution is 2.30. The van der Waals surface area contributed by atoms with Gasteiger partial charge in [0.15, 0.2) is 11.5 Å². The van der Waals surface area contributed by atoms with Crippen LogP contribution in [-0.4, -0.2) is 24.8 Å². The number of carbonyl (C=O) groups is 1. The van der Waals surface area contributed by atoms with E-state index in [1.165, 1.54) is 5.56 Å². The number of nitrogens with two attached hydrogens (primary N) is 1. The fourth-order valence-electron chi connectivity index (χ4n) is 2.44. The van der Waals surface area contributed by atoms with Crippen molar-refractivity contribution in [3.63, 3.8) is 0 Å². The number of aryl methyl sites for hydroxylation is 1. The molecule has 0 fully saturated rings. The molecule has 1 unspecified atom stereocenters. The number of carboxylic acid groups (broad SMARTS) is 1.